The molecular weight excluding hydrogens is 232 g/mol. The number of fused-ring (bicyclic) bond motifs is 1. The Morgan fingerprint density at radius 2 is 2.39 bits per heavy atom. The number of carbonyl (C=O) groups excluding carboxylic acids is 1. The summed E-state index contributed by atoms with van der Waals surface area (Å²) < 4.78 is 0. The molecule has 3 heterocycles. The van der Waals surface area contributed by atoms with Crippen LogP contribution < -0.4 is 16.0 Å². The lowest BCUT2D eigenvalue weighted by molar-refractivity contribution is 0.197. The van der Waals surface area contributed by atoms with Crippen LogP contribution in [0.25, 0.3) is 0 Å². The van der Waals surface area contributed by atoms with Crippen molar-refractivity contribution in [2.75, 3.05) is 31.1 Å². The van der Waals surface area contributed by atoms with Crippen LogP contribution >= 0.6 is 0 Å². The lowest BCUT2D eigenvalue weighted by atomic mass is 10.1. The summed E-state index contributed by atoms with van der Waals surface area (Å²) in [5.74, 6) is 0.846. The maximum Gasteiger partial charge on any atom is 0.317 e. The molecular formula is C11H16N6O. The van der Waals surface area contributed by atoms with Gasteiger partial charge in [0.25, 0.3) is 0 Å². The topological polar surface area (TPSA) is 87.4 Å². The van der Waals surface area contributed by atoms with Crippen molar-refractivity contribution >= 4 is 11.8 Å². The van der Waals surface area contributed by atoms with Gasteiger partial charge in [-0.2, -0.15) is 5.10 Å². The average Bonchev–Trinajstić information content (AvgIpc) is 2.80. The highest BCUT2D eigenvalue weighted by Crippen LogP contribution is 2.21. The van der Waals surface area contributed by atoms with Gasteiger partial charge in [-0.25, -0.2) is 4.79 Å². The zero-order valence-electron chi connectivity index (χ0n) is 10.0. The van der Waals surface area contributed by atoms with E-state index in [2.05, 4.69) is 20.4 Å². The van der Waals surface area contributed by atoms with E-state index in [1.165, 1.54) is 0 Å². The van der Waals surface area contributed by atoms with Crippen LogP contribution in [0.5, 0.6) is 0 Å². The van der Waals surface area contributed by atoms with E-state index in [1.54, 1.807) is 6.20 Å². The Bertz CT molecular complexity index is 465. The van der Waals surface area contributed by atoms with Crippen LogP contribution in [-0.4, -0.2) is 53.3 Å². The molecule has 2 amide bonds. The fourth-order valence-corrected chi connectivity index (χ4v) is 2.57. The number of piperazine rings is 1. The Kier molecular flexibility index (Phi) is 2.75. The van der Waals surface area contributed by atoms with Gasteiger partial charge in [0.2, 0.25) is 0 Å². The van der Waals surface area contributed by atoms with Crippen LogP contribution in [0.1, 0.15) is 5.56 Å². The van der Waals surface area contributed by atoms with Crippen LogP contribution in [0.15, 0.2) is 12.3 Å². The predicted octanol–water partition coefficient (Wildman–Crippen LogP) is -0.851. The predicted molar refractivity (Wildman–Crippen MR) is 66.0 cm³/mol. The molecule has 1 aromatic heterocycles. The number of nitrogens with zero attached hydrogens (tertiary/aromatic N) is 4. The van der Waals surface area contributed by atoms with Gasteiger partial charge in [-0.3, -0.25) is 0 Å². The number of aromatic nitrogens is 2. The second-order valence-corrected chi connectivity index (χ2v) is 4.56. The van der Waals surface area contributed by atoms with Crippen LogP contribution in [0.3, 0.4) is 0 Å². The van der Waals surface area contributed by atoms with E-state index < -0.39 is 0 Å². The molecule has 7 heteroatoms. The first-order valence-corrected chi connectivity index (χ1v) is 6.09. The third kappa shape index (κ3) is 1.76. The van der Waals surface area contributed by atoms with E-state index in [0.717, 1.165) is 31.0 Å². The van der Waals surface area contributed by atoms with E-state index in [1.807, 2.05) is 11.0 Å². The number of hydrogen-bond acceptors (Lipinski definition) is 5. The first kappa shape index (κ1) is 11.2. The van der Waals surface area contributed by atoms with Gasteiger partial charge in [-0.05, 0) is 6.07 Å². The quantitative estimate of drug-likeness (QED) is 0.712. The first-order valence-electron chi connectivity index (χ1n) is 6.09. The summed E-state index contributed by atoms with van der Waals surface area (Å²) in [7, 11) is 0. The maximum absolute atomic E-state index is 11.5. The lowest BCUT2D eigenvalue weighted by Gasteiger charge is -2.37. The highest BCUT2D eigenvalue weighted by Gasteiger charge is 2.36. The molecule has 0 saturated carbocycles. The van der Waals surface area contributed by atoms with Crippen molar-refractivity contribution in [1.82, 2.24) is 20.4 Å². The minimum absolute atomic E-state index is 0.0397. The second kappa shape index (κ2) is 4.41. The summed E-state index contributed by atoms with van der Waals surface area (Å²) in [6, 6.07) is 2.16. The molecule has 7 nitrogen and oxygen atoms in total. The molecule has 3 N–H and O–H groups in total. The summed E-state index contributed by atoms with van der Waals surface area (Å²) in [6.45, 7) is 3.43. The standard InChI is InChI=1S/C11H16N6O/c12-5-8-1-2-14-15-10(8)16-3-4-17-9(7-16)6-13-11(17)18/h1-2,9H,3-7,12H2,(H,13,18). The minimum atomic E-state index is 0.0397. The fraction of sp³-hybridized carbons (Fsp3) is 0.545. The molecule has 1 atom stereocenters. The number of amides is 2. The Balaban J connectivity index is 1.80. The molecule has 2 fully saturated rings. The van der Waals surface area contributed by atoms with Crippen LogP contribution in [0.2, 0.25) is 0 Å². The van der Waals surface area contributed by atoms with Gasteiger partial charge in [-0.1, -0.05) is 0 Å². The molecule has 1 aromatic rings. The number of carbonyl (C=O) groups is 1. The summed E-state index contributed by atoms with van der Waals surface area (Å²) >= 11 is 0. The molecule has 2 saturated heterocycles. The normalized spacial score (nSPS) is 22.9. The number of rotatable bonds is 2. The third-order valence-corrected chi connectivity index (χ3v) is 3.53. The zero-order valence-corrected chi connectivity index (χ0v) is 10.0. The van der Waals surface area contributed by atoms with Crippen molar-refractivity contribution in [2.24, 2.45) is 5.73 Å². The molecule has 2 aliphatic rings. The van der Waals surface area contributed by atoms with Crippen molar-refractivity contribution in [3.8, 4) is 0 Å². The Labute approximate surface area is 105 Å². The minimum Gasteiger partial charge on any atom is -0.351 e. The van der Waals surface area contributed by atoms with Crippen molar-refractivity contribution in [2.45, 2.75) is 12.6 Å². The monoisotopic (exact) mass is 248 g/mol. The Morgan fingerprint density at radius 1 is 1.50 bits per heavy atom. The van der Waals surface area contributed by atoms with Crippen molar-refractivity contribution < 1.29 is 4.79 Å². The lowest BCUT2D eigenvalue weighted by Crippen LogP contribution is -2.52. The molecule has 0 aromatic carbocycles. The van der Waals surface area contributed by atoms with Gasteiger partial charge in [0.05, 0.1) is 12.2 Å². The van der Waals surface area contributed by atoms with Gasteiger partial charge < -0.3 is 20.9 Å². The number of anilines is 1. The number of nitrogens with two attached hydrogens (primary N) is 1. The molecule has 18 heavy (non-hydrogen) atoms. The largest absolute Gasteiger partial charge is 0.351 e. The van der Waals surface area contributed by atoms with E-state index in [-0.39, 0.29) is 12.1 Å². The molecule has 2 aliphatic heterocycles. The second-order valence-electron chi connectivity index (χ2n) is 4.56. The summed E-state index contributed by atoms with van der Waals surface area (Å²) in [4.78, 5) is 15.6. The molecule has 0 aliphatic carbocycles. The van der Waals surface area contributed by atoms with E-state index in [0.29, 0.717) is 13.1 Å². The van der Waals surface area contributed by atoms with Gasteiger partial charge >= 0.3 is 6.03 Å². The highest BCUT2D eigenvalue weighted by molar-refractivity contribution is 5.77. The fourth-order valence-electron chi connectivity index (χ4n) is 2.57. The molecule has 96 valence electrons. The van der Waals surface area contributed by atoms with Gasteiger partial charge in [-0.15, -0.1) is 5.10 Å². The number of urea groups is 1. The van der Waals surface area contributed by atoms with Crippen LogP contribution in [0, 0.1) is 0 Å². The summed E-state index contributed by atoms with van der Waals surface area (Å²) in [5.41, 5.74) is 6.71. The van der Waals surface area contributed by atoms with Gasteiger partial charge in [0, 0.05) is 38.3 Å². The van der Waals surface area contributed by atoms with E-state index in [9.17, 15) is 4.79 Å². The summed E-state index contributed by atoms with van der Waals surface area (Å²) in [5, 5.41) is 11.0. The maximum atomic E-state index is 11.5. The SMILES string of the molecule is NCc1ccnnc1N1CCN2C(=O)NCC2C1. The third-order valence-electron chi connectivity index (χ3n) is 3.53. The van der Waals surface area contributed by atoms with Crippen LogP contribution in [0.4, 0.5) is 10.6 Å². The summed E-state index contributed by atoms with van der Waals surface area (Å²) in [6.07, 6.45) is 1.66. The van der Waals surface area contributed by atoms with Crippen LogP contribution in [-0.2, 0) is 6.54 Å². The van der Waals surface area contributed by atoms with E-state index >= 15 is 0 Å². The van der Waals surface area contributed by atoms with Crippen molar-refractivity contribution in [3.63, 3.8) is 0 Å². The smallest absolute Gasteiger partial charge is 0.317 e. The van der Waals surface area contributed by atoms with Crippen molar-refractivity contribution in [1.29, 1.82) is 0 Å². The molecule has 3 rings (SSSR count). The molecule has 0 radical (unpaired) electrons. The first-order chi connectivity index (χ1) is 8.79. The average molecular weight is 248 g/mol. The zero-order chi connectivity index (χ0) is 12.5. The molecule has 0 bridgehead atoms. The number of hydrogen-bond donors (Lipinski definition) is 2. The molecule has 0 spiro atoms. The van der Waals surface area contributed by atoms with Crippen molar-refractivity contribution in [3.05, 3.63) is 17.8 Å². The molecule has 1 unspecified atom stereocenters. The van der Waals surface area contributed by atoms with Gasteiger partial charge in [0.15, 0.2) is 5.82 Å². The highest BCUT2D eigenvalue weighted by atomic mass is 16.2. The van der Waals surface area contributed by atoms with E-state index in [4.69, 9.17) is 5.73 Å². The Morgan fingerprint density at radius 3 is 3.22 bits per heavy atom. The number of nitrogens with one attached hydrogen (secondary N) is 1. The Hall–Kier alpha value is -1.89. The van der Waals surface area contributed by atoms with Gasteiger partial charge in [0.1, 0.15) is 0 Å².